The van der Waals surface area contributed by atoms with Crippen molar-refractivity contribution < 1.29 is 9.18 Å². The van der Waals surface area contributed by atoms with Gasteiger partial charge in [0.1, 0.15) is 5.82 Å². The number of nitrogens with two attached hydrogens (primary N) is 1. The third-order valence-corrected chi connectivity index (χ3v) is 2.66. The smallest absolute Gasteiger partial charge is 0.167 e. The van der Waals surface area contributed by atoms with E-state index in [0.717, 1.165) is 0 Å². The lowest BCUT2D eigenvalue weighted by Crippen LogP contribution is -2.07. The van der Waals surface area contributed by atoms with E-state index < -0.39 is 0 Å². The molecule has 0 aliphatic carbocycles. The maximum atomic E-state index is 13.4. The standard InChI is InChI=1S/C14H13FN2O/c15-13-4-2-1-3-10(13)8-14(18)11-5-6-17-12(7-11)9-16/h1-7H,8-9,16H2. The fourth-order valence-electron chi connectivity index (χ4n) is 1.68. The second-order valence-electron chi connectivity index (χ2n) is 3.93. The molecule has 1 aromatic heterocycles. The summed E-state index contributed by atoms with van der Waals surface area (Å²) in [4.78, 5) is 16.0. The van der Waals surface area contributed by atoms with Crippen LogP contribution in [0.25, 0.3) is 0 Å². The minimum absolute atomic E-state index is 0.0424. The van der Waals surface area contributed by atoms with Crippen molar-refractivity contribution in [3.8, 4) is 0 Å². The fraction of sp³-hybridized carbons (Fsp3) is 0.143. The van der Waals surface area contributed by atoms with Crippen LogP contribution in [0.4, 0.5) is 4.39 Å². The van der Waals surface area contributed by atoms with Crippen molar-refractivity contribution in [1.29, 1.82) is 0 Å². The van der Waals surface area contributed by atoms with Crippen molar-refractivity contribution in [2.24, 2.45) is 5.73 Å². The molecule has 92 valence electrons. The molecule has 0 aliphatic heterocycles. The van der Waals surface area contributed by atoms with Crippen LogP contribution < -0.4 is 5.73 Å². The van der Waals surface area contributed by atoms with Gasteiger partial charge in [-0.3, -0.25) is 9.78 Å². The highest BCUT2D eigenvalue weighted by Gasteiger charge is 2.10. The molecule has 2 aromatic rings. The van der Waals surface area contributed by atoms with Crippen molar-refractivity contribution in [1.82, 2.24) is 4.98 Å². The quantitative estimate of drug-likeness (QED) is 0.838. The second-order valence-corrected chi connectivity index (χ2v) is 3.93. The van der Waals surface area contributed by atoms with Gasteiger partial charge in [-0.2, -0.15) is 0 Å². The molecular weight excluding hydrogens is 231 g/mol. The Morgan fingerprint density at radius 1 is 1.28 bits per heavy atom. The molecule has 0 atom stereocenters. The number of ketones is 1. The average molecular weight is 244 g/mol. The molecule has 0 aliphatic rings. The Morgan fingerprint density at radius 2 is 2.06 bits per heavy atom. The lowest BCUT2D eigenvalue weighted by molar-refractivity contribution is 0.0991. The minimum Gasteiger partial charge on any atom is -0.325 e. The number of hydrogen-bond acceptors (Lipinski definition) is 3. The first-order valence-corrected chi connectivity index (χ1v) is 5.62. The number of carbonyl (C=O) groups is 1. The van der Waals surface area contributed by atoms with Gasteiger partial charge in [0.15, 0.2) is 5.78 Å². The van der Waals surface area contributed by atoms with E-state index in [1.807, 2.05) is 0 Å². The SMILES string of the molecule is NCc1cc(C(=O)Cc2ccccc2F)ccn1. The van der Waals surface area contributed by atoms with Gasteiger partial charge in [-0.1, -0.05) is 18.2 Å². The van der Waals surface area contributed by atoms with Gasteiger partial charge in [0.05, 0.1) is 5.69 Å². The lowest BCUT2D eigenvalue weighted by atomic mass is 10.0. The van der Waals surface area contributed by atoms with Gasteiger partial charge < -0.3 is 5.73 Å². The Kier molecular flexibility index (Phi) is 3.79. The predicted octanol–water partition coefficient (Wildman–Crippen LogP) is 2.10. The van der Waals surface area contributed by atoms with E-state index in [4.69, 9.17) is 5.73 Å². The molecule has 0 fully saturated rings. The fourth-order valence-corrected chi connectivity index (χ4v) is 1.68. The molecule has 0 amide bonds. The largest absolute Gasteiger partial charge is 0.325 e. The normalized spacial score (nSPS) is 10.3. The number of hydrogen-bond donors (Lipinski definition) is 1. The van der Waals surface area contributed by atoms with E-state index in [9.17, 15) is 9.18 Å². The first kappa shape index (κ1) is 12.4. The zero-order chi connectivity index (χ0) is 13.0. The highest BCUT2D eigenvalue weighted by Crippen LogP contribution is 2.11. The average Bonchev–Trinajstić information content (AvgIpc) is 2.41. The number of halogens is 1. The molecule has 2 rings (SSSR count). The summed E-state index contributed by atoms with van der Waals surface area (Å²) in [5.41, 5.74) is 7.01. The van der Waals surface area contributed by atoms with E-state index in [0.29, 0.717) is 16.8 Å². The molecule has 1 heterocycles. The Bertz CT molecular complexity index is 569. The predicted molar refractivity (Wildman–Crippen MR) is 66.6 cm³/mol. The summed E-state index contributed by atoms with van der Waals surface area (Å²) in [7, 11) is 0. The topological polar surface area (TPSA) is 56.0 Å². The van der Waals surface area contributed by atoms with Gasteiger partial charge in [0.25, 0.3) is 0 Å². The van der Waals surface area contributed by atoms with E-state index in [2.05, 4.69) is 4.98 Å². The highest BCUT2D eigenvalue weighted by atomic mass is 19.1. The zero-order valence-electron chi connectivity index (χ0n) is 9.77. The van der Waals surface area contributed by atoms with Crippen LogP contribution >= 0.6 is 0 Å². The lowest BCUT2D eigenvalue weighted by Gasteiger charge is -2.04. The minimum atomic E-state index is -0.362. The molecule has 2 N–H and O–H groups in total. The maximum absolute atomic E-state index is 13.4. The Balaban J connectivity index is 2.19. The summed E-state index contributed by atoms with van der Waals surface area (Å²) < 4.78 is 13.4. The molecule has 4 heteroatoms. The van der Waals surface area contributed by atoms with Gasteiger partial charge in [-0.25, -0.2) is 4.39 Å². The van der Waals surface area contributed by atoms with Crippen molar-refractivity contribution in [3.05, 3.63) is 65.2 Å². The van der Waals surface area contributed by atoms with Gasteiger partial charge >= 0.3 is 0 Å². The van der Waals surface area contributed by atoms with Crippen molar-refractivity contribution >= 4 is 5.78 Å². The molecule has 1 aromatic carbocycles. The first-order valence-electron chi connectivity index (χ1n) is 5.62. The molecule has 0 saturated heterocycles. The van der Waals surface area contributed by atoms with E-state index in [1.54, 1.807) is 30.3 Å². The van der Waals surface area contributed by atoms with Crippen LogP contribution in [-0.4, -0.2) is 10.8 Å². The number of aromatic nitrogens is 1. The van der Waals surface area contributed by atoms with Crippen LogP contribution in [0.1, 0.15) is 21.6 Å². The highest BCUT2D eigenvalue weighted by molar-refractivity contribution is 5.97. The van der Waals surface area contributed by atoms with Crippen molar-refractivity contribution in [2.75, 3.05) is 0 Å². The Morgan fingerprint density at radius 3 is 2.78 bits per heavy atom. The van der Waals surface area contributed by atoms with Crippen LogP contribution in [0, 0.1) is 5.82 Å². The Labute approximate surface area is 104 Å². The van der Waals surface area contributed by atoms with Gasteiger partial charge in [-0.05, 0) is 23.8 Å². The number of nitrogens with zero attached hydrogens (tertiary/aromatic N) is 1. The first-order chi connectivity index (χ1) is 8.70. The summed E-state index contributed by atoms with van der Waals surface area (Å²) in [5, 5.41) is 0. The molecule has 0 bridgehead atoms. The molecule has 0 saturated carbocycles. The molecular formula is C14H13FN2O. The number of rotatable bonds is 4. The molecule has 18 heavy (non-hydrogen) atoms. The number of pyridine rings is 1. The monoisotopic (exact) mass is 244 g/mol. The molecule has 0 spiro atoms. The Hall–Kier alpha value is -2.07. The summed E-state index contributed by atoms with van der Waals surface area (Å²) in [5.74, 6) is -0.504. The van der Waals surface area contributed by atoms with Gasteiger partial charge in [-0.15, -0.1) is 0 Å². The van der Waals surface area contributed by atoms with Crippen molar-refractivity contribution in [2.45, 2.75) is 13.0 Å². The number of Topliss-reactive ketones (excluding diaryl/α,β-unsaturated/α-hetero) is 1. The van der Waals surface area contributed by atoms with Crippen LogP contribution in [0.2, 0.25) is 0 Å². The molecule has 0 unspecified atom stereocenters. The van der Waals surface area contributed by atoms with Crippen LogP contribution in [-0.2, 0) is 13.0 Å². The third kappa shape index (κ3) is 2.78. The molecule has 0 radical (unpaired) electrons. The summed E-state index contributed by atoms with van der Waals surface area (Å²) in [6, 6.07) is 9.52. The summed E-state index contributed by atoms with van der Waals surface area (Å²) in [6.45, 7) is 0.279. The van der Waals surface area contributed by atoms with Crippen LogP contribution in [0.15, 0.2) is 42.6 Å². The van der Waals surface area contributed by atoms with E-state index in [-0.39, 0.29) is 24.6 Å². The van der Waals surface area contributed by atoms with Crippen molar-refractivity contribution in [3.63, 3.8) is 0 Å². The van der Waals surface area contributed by atoms with Gasteiger partial charge in [0.2, 0.25) is 0 Å². The van der Waals surface area contributed by atoms with Crippen LogP contribution in [0.3, 0.4) is 0 Å². The third-order valence-electron chi connectivity index (χ3n) is 2.66. The number of benzene rings is 1. The van der Waals surface area contributed by atoms with E-state index >= 15 is 0 Å². The second kappa shape index (κ2) is 5.51. The van der Waals surface area contributed by atoms with Crippen LogP contribution in [0.5, 0.6) is 0 Å². The molecule has 3 nitrogen and oxygen atoms in total. The number of carbonyl (C=O) groups excluding carboxylic acids is 1. The van der Waals surface area contributed by atoms with E-state index in [1.165, 1.54) is 12.3 Å². The zero-order valence-corrected chi connectivity index (χ0v) is 9.77. The summed E-state index contributed by atoms with van der Waals surface area (Å²) in [6.07, 6.45) is 1.58. The maximum Gasteiger partial charge on any atom is 0.167 e. The summed E-state index contributed by atoms with van der Waals surface area (Å²) >= 11 is 0. The van der Waals surface area contributed by atoms with Gasteiger partial charge in [0, 0.05) is 24.7 Å².